The summed E-state index contributed by atoms with van der Waals surface area (Å²) in [6.45, 7) is 10.6. The smallest absolute Gasteiger partial charge is 0.115 e. The second-order valence-corrected chi connectivity index (χ2v) is 17.9. The van der Waals surface area contributed by atoms with E-state index in [1.807, 2.05) is 30.3 Å². The molecule has 282 valence electrons. The number of hydrogen-bond acceptors (Lipinski definition) is 1. The first-order chi connectivity index (χ1) is 31.0. The fourth-order valence-corrected chi connectivity index (χ4v) is 11.2. The Bertz CT molecular complexity index is 3230. The largest absolute Gasteiger partial charge is 0.310 e. The molecule has 6 aromatic carbocycles. The van der Waals surface area contributed by atoms with E-state index in [0.29, 0.717) is 61.1 Å². The Balaban J connectivity index is 1.39. The molecule has 10 rings (SSSR count). The van der Waals surface area contributed by atoms with Gasteiger partial charge in [0.1, 0.15) is 86.3 Å². The number of rotatable bonds is 5. The van der Waals surface area contributed by atoms with E-state index in [9.17, 15) is 0 Å². The average Bonchev–Trinajstić information content (AvgIpc) is 3.82. The van der Waals surface area contributed by atoms with Gasteiger partial charge >= 0.3 is 0 Å². The number of hydrogen-bond donors (Lipinski definition) is 0. The maximum atomic E-state index is 7.44. The molecule has 12 heteroatoms. The molecule has 0 aromatic heterocycles. The van der Waals surface area contributed by atoms with Crippen LogP contribution in [0.1, 0.15) is 72.6 Å². The van der Waals surface area contributed by atoms with Gasteiger partial charge in [-0.15, -0.1) is 38.2 Å². The number of benzene rings is 6. The maximum Gasteiger partial charge on any atom is 0.115 e. The first kappa shape index (κ1) is 43.4. The fourth-order valence-electron chi connectivity index (χ4n) is 11.2. The third-order valence-electron chi connectivity index (χ3n) is 14.2. The number of fused-ring (bicyclic) bond motifs is 11. The second kappa shape index (κ2) is 15.3. The minimum atomic E-state index is -1.29. The van der Waals surface area contributed by atoms with E-state index in [1.165, 1.54) is 5.57 Å². The van der Waals surface area contributed by atoms with E-state index in [0.717, 1.165) is 52.1 Å². The van der Waals surface area contributed by atoms with Crippen molar-refractivity contribution in [3.8, 4) is 22.3 Å². The zero-order chi connectivity index (χ0) is 46.2. The highest BCUT2D eigenvalue weighted by atomic mass is 15.1. The van der Waals surface area contributed by atoms with Crippen molar-refractivity contribution in [3.63, 3.8) is 0 Å². The lowest BCUT2D eigenvalue weighted by atomic mass is 9.62. The summed E-state index contributed by atoms with van der Waals surface area (Å²) in [6, 6.07) is 22.3. The van der Waals surface area contributed by atoms with Gasteiger partial charge in [0.15, 0.2) is 0 Å². The van der Waals surface area contributed by atoms with Crippen LogP contribution in [0.25, 0.3) is 33.4 Å². The Kier molecular flexibility index (Phi) is 10.2. The first-order valence-electron chi connectivity index (χ1n) is 21.6. The van der Waals surface area contributed by atoms with E-state index in [4.69, 9.17) is 86.3 Å². The molecule has 0 atom stereocenters. The highest BCUT2D eigenvalue weighted by Crippen LogP contribution is 2.63. The average molecular weight is 802 g/mol. The van der Waals surface area contributed by atoms with Crippen molar-refractivity contribution in [2.24, 2.45) is 0 Å². The van der Waals surface area contributed by atoms with Crippen molar-refractivity contribution in [3.05, 3.63) is 154 Å². The lowest BCUT2D eigenvalue weighted by molar-refractivity contribution is 0.659. The Morgan fingerprint density at radius 1 is 0.569 bits per heavy atom. The summed E-state index contributed by atoms with van der Waals surface area (Å²) in [6.07, 6.45) is 14.6. The Morgan fingerprint density at radius 3 is 1.62 bits per heavy atom. The molecule has 1 nitrogen and oxygen atoms in total. The van der Waals surface area contributed by atoms with Crippen molar-refractivity contribution in [1.29, 1.82) is 0 Å². The monoisotopic (exact) mass is 803 g/mol. The lowest BCUT2D eigenvalue weighted by Gasteiger charge is -2.35. The summed E-state index contributed by atoms with van der Waals surface area (Å²) in [5.41, 5.74) is 15.1. The van der Waals surface area contributed by atoms with Gasteiger partial charge < -0.3 is 4.90 Å². The predicted octanol–water partition coefficient (Wildman–Crippen LogP) is 0.772. The molecule has 0 saturated heterocycles. The zero-order valence-corrected chi connectivity index (χ0v) is 36.7. The van der Waals surface area contributed by atoms with Gasteiger partial charge in [-0.2, -0.15) is 0 Å². The Labute approximate surface area is 398 Å². The molecular formula is C53H32B11N. The van der Waals surface area contributed by atoms with E-state index in [-0.39, 0.29) is 54.6 Å². The van der Waals surface area contributed by atoms with Gasteiger partial charge in [-0.1, -0.05) is 121 Å². The third-order valence-corrected chi connectivity index (χ3v) is 14.2. The van der Waals surface area contributed by atoms with Gasteiger partial charge in [-0.3, -0.25) is 0 Å². The van der Waals surface area contributed by atoms with Gasteiger partial charge in [0.25, 0.3) is 0 Å². The van der Waals surface area contributed by atoms with Gasteiger partial charge in [0.05, 0.1) is 5.41 Å². The van der Waals surface area contributed by atoms with Crippen LogP contribution in [0.2, 0.25) is 0 Å². The van der Waals surface area contributed by atoms with Crippen LogP contribution in [0.3, 0.4) is 0 Å². The van der Waals surface area contributed by atoms with Crippen LogP contribution < -0.4 is 65.0 Å². The van der Waals surface area contributed by atoms with E-state index < -0.39 is 5.41 Å². The van der Waals surface area contributed by atoms with Crippen LogP contribution in [0.15, 0.2) is 115 Å². The fraction of sp³-hybridized carbons (Fsp3) is 0.132. The van der Waals surface area contributed by atoms with Crippen LogP contribution in [0.4, 0.5) is 17.1 Å². The SMILES string of the molecule is [B]c1cc2c(c([B])c1[B])-c1c(cc([B])c([B])c1[B])C21c2cc([B])c([B])c([B])c2-c2c1cc([B])c([B])c2N(c1cccc(C2=CCCC=C2)c1)c1ccc2c(c1)C(C)(C)C(=C/C)/C2=C\C=C. The normalized spacial score (nSPS) is 16.9. The molecule has 1 spiro atoms. The first-order valence-corrected chi connectivity index (χ1v) is 21.6. The van der Waals surface area contributed by atoms with Crippen molar-refractivity contribution in [2.45, 2.75) is 44.4 Å². The van der Waals surface area contributed by atoms with Gasteiger partial charge in [0.2, 0.25) is 0 Å². The molecule has 0 saturated carbocycles. The van der Waals surface area contributed by atoms with Crippen LogP contribution >= 0.6 is 0 Å². The second-order valence-electron chi connectivity index (χ2n) is 17.9. The van der Waals surface area contributed by atoms with E-state index in [1.54, 1.807) is 0 Å². The van der Waals surface area contributed by atoms with Crippen molar-refractivity contribution < 1.29 is 0 Å². The quantitative estimate of drug-likeness (QED) is 0.233. The van der Waals surface area contributed by atoms with Crippen molar-refractivity contribution in [2.75, 3.05) is 4.90 Å². The summed E-state index contributed by atoms with van der Waals surface area (Å²) in [5.74, 6) is 0. The minimum absolute atomic E-state index is 0.203. The number of nitrogens with zero attached hydrogens (tertiary/aromatic N) is 1. The highest BCUT2D eigenvalue weighted by Gasteiger charge is 2.54. The Hall–Kier alpha value is -5.47. The molecule has 22 radical (unpaired) electrons. The molecule has 0 aliphatic heterocycles. The summed E-state index contributed by atoms with van der Waals surface area (Å²) >= 11 is 0. The molecule has 65 heavy (non-hydrogen) atoms. The van der Waals surface area contributed by atoms with Gasteiger partial charge in [0, 0.05) is 28.0 Å². The Morgan fingerprint density at radius 2 is 1.09 bits per heavy atom. The topological polar surface area (TPSA) is 3.24 Å². The molecule has 0 bridgehead atoms. The van der Waals surface area contributed by atoms with Gasteiger partial charge in [-0.05, 0) is 116 Å². The molecule has 4 aliphatic carbocycles. The molecule has 0 N–H and O–H groups in total. The maximum absolute atomic E-state index is 7.44. The molecule has 0 unspecified atom stereocenters. The summed E-state index contributed by atoms with van der Waals surface area (Å²) in [4.78, 5) is 2.17. The molecule has 0 amide bonds. The van der Waals surface area contributed by atoms with Crippen LogP contribution in [0.5, 0.6) is 0 Å². The standard InChI is InChI=1S/C53H32B11N/c1-5-11-28-29-17-16-27(19-31(29)52(3,4)30(28)6-2)65(26-15-10-14-25(18-26)24-12-8-7-9-13-24)51-43-35(23-39(57)47(51)61)53(34-22-38(56)46(60)50(64)42(34)43)32-20-36(54)44(58)48(62)40(32)41-33(53)21-37(55)45(59)49(41)63/h5-6,8,10-23H,1,7,9H2,2-4H3/b28-11-,30-6+. The van der Waals surface area contributed by atoms with Crippen molar-refractivity contribution in [1.82, 2.24) is 0 Å². The molecule has 4 aliphatic rings. The molecule has 0 fully saturated rings. The van der Waals surface area contributed by atoms with E-state index in [2.05, 4.69) is 105 Å². The van der Waals surface area contributed by atoms with Crippen LogP contribution in [-0.2, 0) is 10.8 Å². The number of anilines is 3. The molecule has 6 aromatic rings. The van der Waals surface area contributed by atoms with Crippen LogP contribution in [0, 0.1) is 0 Å². The summed E-state index contributed by atoms with van der Waals surface area (Å²) in [7, 11) is 76.3. The minimum Gasteiger partial charge on any atom is -0.310 e. The van der Waals surface area contributed by atoms with E-state index >= 15 is 0 Å². The van der Waals surface area contributed by atoms with Crippen LogP contribution in [-0.4, -0.2) is 86.3 Å². The predicted molar refractivity (Wildman–Crippen MR) is 288 cm³/mol. The zero-order valence-electron chi connectivity index (χ0n) is 36.7. The third kappa shape index (κ3) is 5.87. The van der Waals surface area contributed by atoms with Crippen molar-refractivity contribution >= 4 is 175 Å². The number of allylic oxidation sites excluding steroid dienone is 9. The molecule has 0 heterocycles. The highest BCUT2D eigenvalue weighted by molar-refractivity contribution is 6.63. The van der Waals surface area contributed by atoms with Gasteiger partial charge in [-0.25, -0.2) is 0 Å². The summed E-state index contributed by atoms with van der Waals surface area (Å²) in [5, 5.41) is 0. The lowest BCUT2D eigenvalue weighted by Crippen LogP contribution is -2.43. The molecular weight excluding hydrogens is 770 g/mol. The summed E-state index contributed by atoms with van der Waals surface area (Å²) < 4.78 is 0.